The first-order valence-electron chi connectivity index (χ1n) is 11.3. The Morgan fingerprint density at radius 2 is 1.90 bits per heavy atom. The van der Waals surface area contributed by atoms with E-state index in [4.69, 9.17) is 4.74 Å². The van der Waals surface area contributed by atoms with Crippen molar-refractivity contribution in [3.8, 4) is 0 Å². The number of anilines is 1. The standard InChI is InChI=1S/C25H30N2O4/c1-14-7-9-17-15(12-14)8-10-18-19-20(21(27(17)18)22(28)25(2,3)4)24(30)26(23(19)29)13-16-6-5-11-31-16/h7-10,12,16,18-21H,5-6,11,13H2,1-4H3/t16-,18-,19+,20-,21-/m0/s1. The van der Waals surface area contributed by atoms with Crippen LogP contribution < -0.4 is 4.90 Å². The van der Waals surface area contributed by atoms with E-state index < -0.39 is 23.3 Å². The quantitative estimate of drug-likeness (QED) is 0.701. The molecule has 0 aromatic heterocycles. The van der Waals surface area contributed by atoms with Crippen molar-refractivity contribution in [1.82, 2.24) is 4.90 Å². The van der Waals surface area contributed by atoms with Gasteiger partial charge in [0.05, 0.1) is 30.5 Å². The van der Waals surface area contributed by atoms with Gasteiger partial charge in [0, 0.05) is 17.7 Å². The summed E-state index contributed by atoms with van der Waals surface area (Å²) in [6.45, 7) is 8.67. The van der Waals surface area contributed by atoms with Crippen molar-refractivity contribution in [3.05, 3.63) is 35.4 Å². The minimum Gasteiger partial charge on any atom is -0.376 e. The third-order valence-corrected chi connectivity index (χ3v) is 7.17. The maximum atomic E-state index is 13.7. The Balaban J connectivity index is 1.58. The average molecular weight is 423 g/mol. The lowest BCUT2D eigenvalue weighted by Crippen LogP contribution is -2.52. The van der Waals surface area contributed by atoms with Gasteiger partial charge in [-0.05, 0) is 37.5 Å². The zero-order chi connectivity index (χ0) is 22.1. The number of hydrogen-bond donors (Lipinski definition) is 0. The van der Waals surface area contributed by atoms with Crippen LogP contribution in [0.2, 0.25) is 0 Å². The predicted octanol–water partition coefficient (Wildman–Crippen LogP) is 2.97. The number of carbonyl (C=O) groups excluding carboxylic acids is 3. The average Bonchev–Trinajstić information content (AvgIpc) is 3.40. The largest absolute Gasteiger partial charge is 0.376 e. The molecule has 4 heterocycles. The molecule has 4 aliphatic rings. The summed E-state index contributed by atoms with van der Waals surface area (Å²) in [6.07, 6.45) is 5.76. The lowest BCUT2D eigenvalue weighted by molar-refractivity contribution is -0.143. The van der Waals surface area contributed by atoms with Crippen LogP contribution >= 0.6 is 0 Å². The second-order valence-corrected chi connectivity index (χ2v) is 10.4. The molecule has 0 aliphatic carbocycles. The summed E-state index contributed by atoms with van der Waals surface area (Å²) in [4.78, 5) is 44.2. The summed E-state index contributed by atoms with van der Waals surface area (Å²) in [7, 11) is 0. The highest BCUT2D eigenvalue weighted by Crippen LogP contribution is 2.50. The van der Waals surface area contributed by atoms with Gasteiger partial charge in [0.15, 0.2) is 5.78 Å². The van der Waals surface area contributed by atoms with Crippen LogP contribution in [0.25, 0.3) is 6.08 Å². The molecule has 3 saturated heterocycles. The molecule has 4 aliphatic heterocycles. The molecule has 0 radical (unpaired) electrons. The summed E-state index contributed by atoms with van der Waals surface area (Å²) >= 11 is 0. The summed E-state index contributed by atoms with van der Waals surface area (Å²) < 4.78 is 5.69. The van der Waals surface area contributed by atoms with E-state index in [1.54, 1.807) is 0 Å². The van der Waals surface area contributed by atoms with E-state index in [0.29, 0.717) is 13.2 Å². The van der Waals surface area contributed by atoms with Crippen LogP contribution in [0.4, 0.5) is 5.69 Å². The number of rotatable bonds is 3. The molecule has 31 heavy (non-hydrogen) atoms. The highest BCUT2D eigenvalue weighted by Gasteiger charge is 2.64. The summed E-state index contributed by atoms with van der Waals surface area (Å²) in [5.41, 5.74) is 2.47. The fourth-order valence-electron chi connectivity index (χ4n) is 5.67. The van der Waals surface area contributed by atoms with Crippen LogP contribution in [0.1, 0.15) is 44.7 Å². The van der Waals surface area contributed by atoms with E-state index in [2.05, 4.69) is 11.0 Å². The third kappa shape index (κ3) is 3.06. The molecule has 1 aromatic rings. The number of ether oxygens (including phenoxy) is 1. The molecule has 3 fully saturated rings. The van der Waals surface area contributed by atoms with Gasteiger partial charge in [0.2, 0.25) is 11.8 Å². The Kier molecular flexibility index (Phi) is 4.63. The fourth-order valence-corrected chi connectivity index (χ4v) is 5.67. The highest BCUT2D eigenvalue weighted by molar-refractivity contribution is 6.11. The molecule has 6 heteroatoms. The molecule has 164 valence electrons. The number of ketones is 1. The van der Waals surface area contributed by atoms with E-state index in [0.717, 1.165) is 29.7 Å². The molecule has 0 unspecified atom stereocenters. The minimum atomic E-state index is -0.650. The van der Waals surface area contributed by atoms with Crippen molar-refractivity contribution in [1.29, 1.82) is 0 Å². The maximum absolute atomic E-state index is 13.7. The van der Waals surface area contributed by atoms with Crippen LogP contribution in [0.15, 0.2) is 24.3 Å². The van der Waals surface area contributed by atoms with Crippen LogP contribution in [0.3, 0.4) is 0 Å². The Morgan fingerprint density at radius 1 is 1.16 bits per heavy atom. The van der Waals surface area contributed by atoms with Crippen LogP contribution in [0, 0.1) is 24.2 Å². The summed E-state index contributed by atoms with van der Waals surface area (Å²) in [5.74, 6) is -1.56. The molecular weight excluding hydrogens is 392 g/mol. The van der Waals surface area contributed by atoms with Crippen molar-refractivity contribution in [2.24, 2.45) is 17.3 Å². The Bertz CT molecular complexity index is 986. The lowest BCUT2D eigenvalue weighted by atomic mass is 9.79. The van der Waals surface area contributed by atoms with E-state index in [9.17, 15) is 14.4 Å². The topological polar surface area (TPSA) is 66.9 Å². The predicted molar refractivity (Wildman–Crippen MR) is 117 cm³/mol. The lowest BCUT2D eigenvalue weighted by Gasteiger charge is -2.38. The Hall–Kier alpha value is -2.47. The number of amides is 2. The van der Waals surface area contributed by atoms with Gasteiger partial charge in [0.25, 0.3) is 0 Å². The number of benzene rings is 1. The number of nitrogens with zero attached hydrogens (tertiary/aromatic N) is 2. The van der Waals surface area contributed by atoms with E-state index in [1.807, 2.05) is 52.0 Å². The molecule has 0 bridgehead atoms. The van der Waals surface area contributed by atoms with E-state index in [1.165, 1.54) is 4.90 Å². The van der Waals surface area contributed by atoms with Crippen LogP contribution in [-0.4, -0.2) is 53.8 Å². The number of Topliss-reactive ketones (excluding diaryl/α,β-unsaturated/α-hetero) is 1. The first-order chi connectivity index (χ1) is 14.7. The van der Waals surface area contributed by atoms with Gasteiger partial charge >= 0.3 is 0 Å². The van der Waals surface area contributed by atoms with Gasteiger partial charge in [0.1, 0.15) is 6.04 Å². The molecule has 0 saturated carbocycles. The summed E-state index contributed by atoms with van der Waals surface area (Å²) in [5, 5.41) is 0. The fraction of sp³-hybridized carbons (Fsp3) is 0.560. The number of aryl methyl sites for hydroxylation is 1. The molecular formula is C25H30N2O4. The molecule has 5 rings (SSSR count). The number of carbonyl (C=O) groups is 3. The summed E-state index contributed by atoms with van der Waals surface area (Å²) in [6, 6.07) is 5.19. The van der Waals surface area contributed by atoms with E-state index >= 15 is 0 Å². The molecule has 0 N–H and O–H groups in total. The Labute approximate surface area is 183 Å². The van der Waals surface area contributed by atoms with Crippen molar-refractivity contribution in [3.63, 3.8) is 0 Å². The third-order valence-electron chi connectivity index (χ3n) is 7.17. The molecule has 6 nitrogen and oxygen atoms in total. The van der Waals surface area contributed by atoms with Gasteiger partial charge < -0.3 is 9.64 Å². The molecule has 5 atom stereocenters. The monoisotopic (exact) mass is 422 g/mol. The van der Waals surface area contributed by atoms with Gasteiger partial charge in [-0.1, -0.05) is 44.6 Å². The molecule has 2 amide bonds. The minimum absolute atomic E-state index is 0.00643. The second kappa shape index (κ2) is 7.02. The van der Waals surface area contributed by atoms with Gasteiger partial charge in [-0.25, -0.2) is 0 Å². The highest BCUT2D eigenvalue weighted by atomic mass is 16.5. The van der Waals surface area contributed by atoms with Crippen LogP contribution in [-0.2, 0) is 19.1 Å². The zero-order valence-electron chi connectivity index (χ0n) is 18.6. The number of fused-ring (bicyclic) bond motifs is 5. The molecule has 0 spiro atoms. The normalized spacial score (nSPS) is 31.8. The van der Waals surface area contributed by atoms with Crippen molar-refractivity contribution < 1.29 is 19.1 Å². The Morgan fingerprint density at radius 3 is 2.58 bits per heavy atom. The molecule has 1 aromatic carbocycles. The zero-order valence-corrected chi connectivity index (χ0v) is 18.6. The first-order valence-corrected chi connectivity index (χ1v) is 11.3. The number of imide groups is 1. The SMILES string of the molecule is Cc1ccc2c(c1)C=C[C@H]1[C@H]3C(=O)N(C[C@@H]4CCCO4)C(=O)[C@@H]3[C@@H](C(=O)C(C)(C)C)N21. The maximum Gasteiger partial charge on any atom is 0.235 e. The van der Waals surface area contributed by atoms with Gasteiger partial charge in [-0.2, -0.15) is 0 Å². The van der Waals surface area contributed by atoms with Crippen molar-refractivity contribution in [2.75, 3.05) is 18.1 Å². The second-order valence-electron chi connectivity index (χ2n) is 10.4. The number of hydrogen-bond acceptors (Lipinski definition) is 5. The first kappa shape index (κ1) is 20.4. The smallest absolute Gasteiger partial charge is 0.235 e. The van der Waals surface area contributed by atoms with Crippen molar-refractivity contribution >= 4 is 29.4 Å². The van der Waals surface area contributed by atoms with E-state index in [-0.39, 0.29) is 29.7 Å². The van der Waals surface area contributed by atoms with Gasteiger partial charge in [-0.15, -0.1) is 0 Å². The van der Waals surface area contributed by atoms with Gasteiger partial charge in [-0.3, -0.25) is 19.3 Å². The number of likely N-dealkylation sites (tertiary alicyclic amines) is 1. The van der Waals surface area contributed by atoms with Crippen molar-refractivity contribution in [2.45, 2.75) is 58.7 Å². The van der Waals surface area contributed by atoms with Crippen LogP contribution in [0.5, 0.6) is 0 Å².